The first-order valence-corrected chi connectivity index (χ1v) is 6.92. The van der Waals surface area contributed by atoms with Gasteiger partial charge in [0.15, 0.2) is 0 Å². The second-order valence-corrected chi connectivity index (χ2v) is 5.57. The zero-order valence-electron chi connectivity index (χ0n) is 12.3. The quantitative estimate of drug-likeness (QED) is 0.790. The van der Waals surface area contributed by atoms with Crippen molar-refractivity contribution in [1.29, 1.82) is 0 Å². The highest BCUT2D eigenvalue weighted by Gasteiger charge is 2.37. The summed E-state index contributed by atoms with van der Waals surface area (Å²) in [5.41, 5.74) is 2.17. The Morgan fingerprint density at radius 2 is 2.10 bits per heavy atom. The molecule has 2 rings (SSSR count). The number of benzene rings is 1. The molecule has 1 fully saturated rings. The van der Waals surface area contributed by atoms with Crippen molar-refractivity contribution < 1.29 is 14.3 Å². The Balaban J connectivity index is 1.99. The molecule has 0 spiro atoms. The van der Waals surface area contributed by atoms with E-state index in [9.17, 15) is 9.59 Å². The van der Waals surface area contributed by atoms with Crippen LogP contribution in [-0.2, 0) is 20.7 Å². The van der Waals surface area contributed by atoms with Crippen LogP contribution >= 0.6 is 0 Å². The Morgan fingerprint density at radius 1 is 1.35 bits per heavy atom. The molecule has 20 heavy (non-hydrogen) atoms. The number of likely N-dealkylation sites (tertiary alicyclic amines) is 1. The lowest BCUT2D eigenvalue weighted by Gasteiger charge is -2.16. The summed E-state index contributed by atoms with van der Waals surface area (Å²) in [5, 5.41) is 0. The Morgan fingerprint density at radius 3 is 2.75 bits per heavy atom. The number of esters is 1. The van der Waals surface area contributed by atoms with E-state index >= 15 is 0 Å². The molecule has 1 heterocycles. The zero-order chi connectivity index (χ0) is 14.7. The van der Waals surface area contributed by atoms with Crippen molar-refractivity contribution in [3.05, 3.63) is 35.4 Å². The van der Waals surface area contributed by atoms with E-state index < -0.39 is 0 Å². The van der Waals surface area contributed by atoms with E-state index in [1.165, 1.54) is 7.11 Å². The fraction of sp³-hybridized carbons (Fsp3) is 0.500. The number of ether oxygens (including phenoxy) is 1. The Hall–Kier alpha value is -1.84. The number of methoxy groups -OCH3 is 1. The van der Waals surface area contributed by atoms with Crippen molar-refractivity contribution >= 4 is 11.9 Å². The van der Waals surface area contributed by atoms with Crippen LogP contribution in [-0.4, -0.2) is 37.0 Å². The van der Waals surface area contributed by atoms with Gasteiger partial charge in [-0.05, 0) is 18.4 Å². The van der Waals surface area contributed by atoms with Gasteiger partial charge in [-0.2, -0.15) is 0 Å². The van der Waals surface area contributed by atoms with Gasteiger partial charge in [0.05, 0.1) is 19.4 Å². The van der Waals surface area contributed by atoms with Gasteiger partial charge in [-0.1, -0.05) is 36.8 Å². The van der Waals surface area contributed by atoms with Gasteiger partial charge in [-0.15, -0.1) is 0 Å². The number of nitrogens with zero attached hydrogens (tertiary/aromatic N) is 1. The minimum Gasteiger partial charge on any atom is -0.469 e. The third-order valence-corrected chi connectivity index (χ3v) is 3.91. The van der Waals surface area contributed by atoms with E-state index in [1.807, 2.05) is 38.1 Å². The van der Waals surface area contributed by atoms with Gasteiger partial charge in [0, 0.05) is 13.1 Å². The molecule has 0 N–H and O–H groups in total. The van der Waals surface area contributed by atoms with Gasteiger partial charge in [-0.3, -0.25) is 9.59 Å². The van der Waals surface area contributed by atoms with Crippen LogP contribution < -0.4 is 0 Å². The number of carbonyl (C=O) groups excluding carboxylic acids is 2. The molecule has 0 bridgehead atoms. The largest absolute Gasteiger partial charge is 0.469 e. The van der Waals surface area contributed by atoms with Crippen molar-refractivity contribution in [2.24, 2.45) is 11.8 Å². The Bertz CT molecular complexity index is 512. The minimum atomic E-state index is -0.219. The molecule has 4 nitrogen and oxygen atoms in total. The Labute approximate surface area is 119 Å². The van der Waals surface area contributed by atoms with Gasteiger partial charge in [0.2, 0.25) is 5.91 Å². The van der Waals surface area contributed by atoms with Crippen molar-refractivity contribution in [3.8, 4) is 0 Å². The van der Waals surface area contributed by atoms with Crippen LogP contribution in [0.15, 0.2) is 24.3 Å². The highest BCUT2D eigenvalue weighted by atomic mass is 16.5. The molecule has 4 heteroatoms. The van der Waals surface area contributed by atoms with Crippen LogP contribution in [0.2, 0.25) is 0 Å². The van der Waals surface area contributed by atoms with Crippen LogP contribution in [0.1, 0.15) is 18.1 Å². The van der Waals surface area contributed by atoms with Crippen molar-refractivity contribution in [3.63, 3.8) is 0 Å². The van der Waals surface area contributed by atoms with Gasteiger partial charge in [0.1, 0.15) is 0 Å². The smallest absolute Gasteiger partial charge is 0.310 e. The summed E-state index contributed by atoms with van der Waals surface area (Å²) in [7, 11) is 1.40. The van der Waals surface area contributed by atoms with Gasteiger partial charge in [0.25, 0.3) is 0 Å². The molecule has 2 atom stereocenters. The summed E-state index contributed by atoms with van der Waals surface area (Å²) in [4.78, 5) is 25.7. The van der Waals surface area contributed by atoms with E-state index in [4.69, 9.17) is 4.74 Å². The lowest BCUT2D eigenvalue weighted by molar-refractivity contribution is -0.146. The predicted octanol–water partition coefficient (Wildman–Crippen LogP) is 1.81. The molecule has 1 aromatic carbocycles. The fourth-order valence-electron chi connectivity index (χ4n) is 2.74. The second-order valence-electron chi connectivity index (χ2n) is 5.57. The number of amides is 1. The summed E-state index contributed by atoms with van der Waals surface area (Å²) in [6, 6.07) is 7.96. The van der Waals surface area contributed by atoms with Gasteiger partial charge >= 0.3 is 5.97 Å². The van der Waals surface area contributed by atoms with Crippen molar-refractivity contribution in [1.82, 2.24) is 4.90 Å². The summed E-state index contributed by atoms with van der Waals surface area (Å²) in [6.45, 7) is 5.10. The highest BCUT2D eigenvalue weighted by molar-refractivity contribution is 5.81. The van der Waals surface area contributed by atoms with Crippen LogP contribution in [0.5, 0.6) is 0 Å². The van der Waals surface area contributed by atoms with Crippen LogP contribution in [0.3, 0.4) is 0 Å². The molecule has 0 aromatic heterocycles. The molecule has 1 amide bonds. The molecule has 1 aromatic rings. The van der Waals surface area contributed by atoms with Gasteiger partial charge < -0.3 is 9.64 Å². The fourth-order valence-corrected chi connectivity index (χ4v) is 2.74. The molecule has 1 aliphatic heterocycles. The maximum atomic E-state index is 12.3. The summed E-state index contributed by atoms with van der Waals surface area (Å²) >= 11 is 0. The molecule has 1 aliphatic rings. The zero-order valence-corrected chi connectivity index (χ0v) is 12.3. The summed E-state index contributed by atoms with van der Waals surface area (Å²) < 4.78 is 4.79. The second kappa shape index (κ2) is 6.07. The van der Waals surface area contributed by atoms with E-state index in [0.717, 1.165) is 11.1 Å². The maximum absolute atomic E-state index is 12.3. The van der Waals surface area contributed by atoms with Crippen molar-refractivity contribution in [2.75, 3.05) is 20.2 Å². The van der Waals surface area contributed by atoms with E-state index in [-0.39, 0.29) is 23.7 Å². The highest BCUT2D eigenvalue weighted by Crippen LogP contribution is 2.24. The minimum absolute atomic E-state index is 0.0776. The third-order valence-electron chi connectivity index (χ3n) is 3.91. The molecule has 108 valence electrons. The average molecular weight is 275 g/mol. The van der Waals surface area contributed by atoms with Gasteiger partial charge in [-0.25, -0.2) is 0 Å². The van der Waals surface area contributed by atoms with E-state index in [0.29, 0.717) is 19.5 Å². The molecule has 0 radical (unpaired) electrons. The molecular weight excluding hydrogens is 254 g/mol. The van der Waals surface area contributed by atoms with Crippen LogP contribution in [0, 0.1) is 18.8 Å². The predicted molar refractivity (Wildman–Crippen MR) is 76.1 cm³/mol. The number of carbonyl (C=O) groups is 2. The summed E-state index contributed by atoms with van der Waals surface area (Å²) in [5.74, 6) is -0.178. The third kappa shape index (κ3) is 3.18. The number of hydrogen-bond donors (Lipinski definition) is 0. The lowest BCUT2D eigenvalue weighted by atomic mass is 9.99. The van der Waals surface area contributed by atoms with Crippen LogP contribution in [0.4, 0.5) is 0 Å². The normalized spacial score (nSPS) is 21.9. The first-order chi connectivity index (χ1) is 9.51. The first-order valence-electron chi connectivity index (χ1n) is 6.92. The molecule has 2 unspecified atom stereocenters. The van der Waals surface area contributed by atoms with E-state index in [2.05, 4.69) is 0 Å². The molecule has 0 saturated carbocycles. The molecule has 0 aliphatic carbocycles. The number of hydrogen-bond acceptors (Lipinski definition) is 3. The molecular formula is C16H21NO3. The standard InChI is InChI=1S/C16H21NO3/c1-11-5-4-6-13(7-11)8-15(18)17-9-12(2)14(10-17)16(19)20-3/h4-7,12,14H,8-10H2,1-3H3. The topological polar surface area (TPSA) is 46.6 Å². The maximum Gasteiger partial charge on any atom is 0.310 e. The lowest BCUT2D eigenvalue weighted by Crippen LogP contribution is -2.31. The average Bonchev–Trinajstić information content (AvgIpc) is 2.80. The number of rotatable bonds is 3. The Kier molecular flexibility index (Phi) is 4.42. The van der Waals surface area contributed by atoms with E-state index in [1.54, 1.807) is 4.90 Å². The summed E-state index contributed by atoms with van der Waals surface area (Å²) in [6.07, 6.45) is 0.391. The molecule has 1 saturated heterocycles. The monoisotopic (exact) mass is 275 g/mol. The number of aryl methyl sites for hydroxylation is 1. The first kappa shape index (κ1) is 14.6. The van der Waals surface area contributed by atoms with Crippen LogP contribution in [0.25, 0.3) is 0 Å². The van der Waals surface area contributed by atoms with Crippen molar-refractivity contribution in [2.45, 2.75) is 20.3 Å². The SMILES string of the molecule is COC(=O)C1CN(C(=O)Cc2cccc(C)c2)CC1C.